The van der Waals surface area contributed by atoms with E-state index in [1.807, 2.05) is 42.2 Å². The molecule has 1 heterocycles. The Hall–Kier alpha value is -2.37. The zero-order chi connectivity index (χ0) is 21.9. The van der Waals surface area contributed by atoms with Crippen LogP contribution in [0.4, 0.5) is 0 Å². The van der Waals surface area contributed by atoms with Crippen LogP contribution in [0.25, 0.3) is 0 Å². The maximum atomic E-state index is 13.5. The lowest BCUT2D eigenvalue weighted by atomic mass is 9.49. The van der Waals surface area contributed by atoms with E-state index in [0.29, 0.717) is 30.7 Å². The minimum atomic E-state index is -1.06. The van der Waals surface area contributed by atoms with E-state index in [0.717, 1.165) is 31.2 Å². The molecule has 5 fully saturated rings. The van der Waals surface area contributed by atoms with Gasteiger partial charge in [0.1, 0.15) is 5.41 Å². The fourth-order valence-corrected chi connectivity index (χ4v) is 7.25. The zero-order valence-corrected chi connectivity index (χ0v) is 18.4. The largest absolute Gasteiger partial charge is 0.369 e. The Balaban J connectivity index is 1.32. The van der Waals surface area contributed by atoms with Gasteiger partial charge in [0, 0.05) is 18.5 Å². The predicted molar refractivity (Wildman–Crippen MR) is 116 cm³/mol. The molecule has 5 aliphatic rings. The highest BCUT2D eigenvalue weighted by atomic mass is 16.2. The van der Waals surface area contributed by atoms with Crippen molar-refractivity contribution < 1.29 is 14.4 Å². The van der Waals surface area contributed by atoms with E-state index in [2.05, 4.69) is 5.32 Å². The Bertz CT molecular complexity index is 903. The van der Waals surface area contributed by atoms with Crippen molar-refractivity contribution in [2.24, 2.45) is 40.7 Å². The van der Waals surface area contributed by atoms with Crippen LogP contribution in [0.1, 0.15) is 57.6 Å². The second kappa shape index (κ2) is 7.35. The molecule has 7 unspecified atom stereocenters. The van der Waals surface area contributed by atoms with Crippen molar-refractivity contribution in [2.45, 2.75) is 58.0 Å². The third kappa shape index (κ3) is 3.17. The van der Waals surface area contributed by atoms with Crippen molar-refractivity contribution in [3.05, 3.63) is 35.9 Å². The number of hydrogen-bond donors (Lipinski definition) is 2. The summed E-state index contributed by atoms with van der Waals surface area (Å²) in [6, 6.07) is 9.84. The summed E-state index contributed by atoms with van der Waals surface area (Å²) >= 11 is 0. The lowest BCUT2D eigenvalue weighted by Crippen LogP contribution is -2.63. The summed E-state index contributed by atoms with van der Waals surface area (Å²) in [5.74, 6) is 0.914. The quantitative estimate of drug-likeness (QED) is 0.713. The van der Waals surface area contributed by atoms with Crippen LogP contribution < -0.4 is 11.1 Å². The Morgan fingerprint density at radius 1 is 1.13 bits per heavy atom. The molecular weight excluding hydrogens is 390 g/mol. The first-order valence-electron chi connectivity index (χ1n) is 11.8. The van der Waals surface area contributed by atoms with E-state index in [1.165, 1.54) is 0 Å². The summed E-state index contributed by atoms with van der Waals surface area (Å²) < 4.78 is 0. The van der Waals surface area contributed by atoms with Gasteiger partial charge in [0.25, 0.3) is 0 Å². The molecule has 6 rings (SSSR count). The Morgan fingerprint density at radius 3 is 2.55 bits per heavy atom. The molecule has 31 heavy (non-hydrogen) atoms. The standard InChI is InChI=1S/C25H33N3O3/c1-14(16-6-4-3-5-7-16)28-9-8-25(2,24(28)31)23(30)27-21-18-11-15-10-17(13-18)20(22(26)29)19(21)12-15/h3-7,14-15,17-21H,8-13H2,1-2H3,(H2,26,29)(H,27,30)/t14-,15?,17?,18?,19?,20?,21?,25?/m0/s1. The number of primary amides is 1. The van der Waals surface area contributed by atoms with Crippen LogP contribution in [0, 0.1) is 35.0 Å². The van der Waals surface area contributed by atoms with E-state index in [9.17, 15) is 14.4 Å². The number of amides is 3. The van der Waals surface area contributed by atoms with Gasteiger partial charge < -0.3 is 16.0 Å². The SMILES string of the molecule is C[C@@H](c1ccccc1)N1CCC(C)(C(=O)NC2C3CC4CC(C3)C(C(N)=O)C2C4)C1=O. The van der Waals surface area contributed by atoms with Crippen LogP contribution in [0.3, 0.4) is 0 Å². The summed E-state index contributed by atoms with van der Waals surface area (Å²) in [6.45, 7) is 4.38. The lowest BCUT2D eigenvalue weighted by molar-refractivity contribution is -0.150. The van der Waals surface area contributed by atoms with Crippen molar-refractivity contribution in [3.8, 4) is 0 Å². The fraction of sp³-hybridized carbons (Fsp3) is 0.640. The number of carbonyl (C=O) groups excluding carboxylic acids is 3. The number of nitrogens with zero attached hydrogens (tertiary/aromatic N) is 1. The van der Waals surface area contributed by atoms with Crippen LogP contribution in [0.2, 0.25) is 0 Å². The average Bonchev–Trinajstić information content (AvgIpc) is 3.06. The van der Waals surface area contributed by atoms with E-state index >= 15 is 0 Å². The molecule has 4 bridgehead atoms. The average molecular weight is 424 g/mol. The van der Waals surface area contributed by atoms with Gasteiger partial charge in [-0.3, -0.25) is 14.4 Å². The van der Waals surface area contributed by atoms with Crippen LogP contribution in [-0.2, 0) is 14.4 Å². The highest BCUT2D eigenvalue weighted by Gasteiger charge is 2.57. The summed E-state index contributed by atoms with van der Waals surface area (Å²) in [6.07, 6.45) is 4.66. The smallest absolute Gasteiger partial charge is 0.238 e. The van der Waals surface area contributed by atoms with Crippen molar-refractivity contribution >= 4 is 17.7 Å². The van der Waals surface area contributed by atoms with Gasteiger partial charge in [-0.05, 0) is 75.2 Å². The molecule has 0 spiro atoms. The molecule has 0 aromatic heterocycles. The monoisotopic (exact) mass is 423 g/mol. The van der Waals surface area contributed by atoms with Crippen molar-refractivity contribution in [3.63, 3.8) is 0 Å². The maximum absolute atomic E-state index is 13.5. The summed E-state index contributed by atoms with van der Waals surface area (Å²) in [7, 11) is 0. The molecule has 1 aliphatic heterocycles. The van der Waals surface area contributed by atoms with Gasteiger partial charge in [-0.15, -0.1) is 0 Å². The second-order valence-corrected chi connectivity index (χ2v) is 10.6. The molecule has 1 aromatic rings. The maximum Gasteiger partial charge on any atom is 0.238 e. The van der Waals surface area contributed by atoms with Crippen LogP contribution >= 0.6 is 0 Å². The van der Waals surface area contributed by atoms with Crippen LogP contribution in [-0.4, -0.2) is 35.2 Å². The van der Waals surface area contributed by atoms with Crippen LogP contribution in [0.15, 0.2) is 30.3 Å². The number of nitrogens with two attached hydrogens (primary N) is 1. The molecule has 6 nitrogen and oxygen atoms in total. The van der Waals surface area contributed by atoms with Crippen molar-refractivity contribution in [1.82, 2.24) is 10.2 Å². The molecular formula is C25H33N3O3. The number of hydrogen-bond acceptors (Lipinski definition) is 3. The Kier molecular flexibility index (Phi) is 4.87. The van der Waals surface area contributed by atoms with Gasteiger partial charge in [0.15, 0.2) is 0 Å². The molecule has 8 atom stereocenters. The van der Waals surface area contributed by atoms with E-state index in [4.69, 9.17) is 5.73 Å². The highest BCUT2D eigenvalue weighted by Crippen LogP contribution is 2.56. The minimum absolute atomic E-state index is 0.0389. The minimum Gasteiger partial charge on any atom is -0.369 e. The fourth-order valence-electron chi connectivity index (χ4n) is 7.25. The van der Waals surface area contributed by atoms with Crippen molar-refractivity contribution in [1.29, 1.82) is 0 Å². The Morgan fingerprint density at radius 2 is 1.84 bits per heavy atom. The van der Waals surface area contributed by atoms with E-state index in [1.54, 1.807) is 6.92 Å². The van der Waals surface area contributed by atoms with E-state index in [-0.39, 0.29) is 41.6 Å². The number of rotatable bonds is 5. The molecule has 0 radical (unpaired) electrons. The first kappa shape index (κ1) is 20.5. The number of carbonyl (C=O) groups is 3. The number of benzene rings is 1. The molecule has 6 heteroatoms. The lowest BCUT2D eigenvalue weighted by Gasteiger charge is -2.57. The molecule has 1 aromatic carbocycles. The topological polar surface area (TPSA) is 92.5 Å². The molecule has 3 amide bonds. The molecule has 4 aliphatic carbocycles. The molecule has 1 saturated heterocycles. The normalized spacial score (nSPS) is 39.5. The van der Waals surface area contributed by atoms with Gasteiger partial charge >= 0.3 is 0 Å². The Labute approximate surface area is 183 Å². The van der Waals surface area contributed by atoms with E-state index < -0.39 is 5.41 Å². The van der Waals surface area contributed by atoms with Crippen molar-refractivity contribution in [2.75, 3.05) is 6.54 Å². The van der Waals surface area contributed by atoms with Gasteiger partial charge in [-0.1, -0.05) is 30.3 Å². The number of likely N-dealkylation sites (tertiary alicyclic amines) is 1. The third-order valence-electron chi connectivity index (χ3n) is 8.88. The zero-order valence-electron chi connectivity index (χ0n) is 18.4. The van der Waals surface area contributed by atoms with Gasteiger partial charge in [-0.25, -0.2) is 0 Å². The van der Waals surface area contributed by atoms with Crippen LogP contribution in [0.5, 0.6) is 0 Å². The number of nitrogens with one attached hydrogen (secondary N) is 1. The van der Waals surface area contributed by atoms with Gasteiger partial charge in [0.2, 0.25) is 17.7 Å². The highest BCUT2D eigenvalue weighted by molar-refractivity contribution is 6.06. The summed E-state index contributed by atoms with van der Waals surface area (Å²) in [5.41, 5.74) is 5.79. The predicted octanol–water partition coefficient (Wildman–Crippen LogP) is 2.64. The molecule has 3 N–H and O–H groups in total. The van der Waals surface area contributed by atoms with Gasteiger partial charge in [0.05, 0.1) is 6.04 Å². The molecule has 166 valence electrons. The third-order valence-corrected chi connectivity index (χ3v) is 8.88. The first-order chi connectivity index (χ1) is 14.8. The first-order valence-corrected chi connectivity index (χ1v) is 11.8. The van der Waals surface area contributed by atoms with Gasteiger partial charge in [-0.2, -0.15) is 0 Å². The second-order valence-electron chi connectivity index (χ2n) is 10.6. The summed E-state index contributed by atoms with van der Waals surface area (Å²) in [4.78, 5) is 40.9. The summed E-state index contributed by atoms with van der Waals surface area (Å²) in [5, 5.41) is 3.26. The molecule has 4 saturated carbocycles.